The highest BCUT2D eigenvalue weighted by Crippen LogP contribution is 2.28. The lowest BCUT2D eigenvalue weighted by Gasteiger charge is -2.06. The Morgan fingerprint density at radius 1 is 1.57 bits per heavy atom. The SMILES string of the molecule is Cc1cc2c(cc1CC(=O)O)CCO2. The van der Waals surface area contributed by atoms with Crippen LogP contribution >= 0.6 is 0 Å². The van der Waals surface area contributed by atoms with Gasteiger partial charge in [-0.2, -0.15) is 0 Å². The number of carboxylic acid groups (broad SMARTS) is 1. The van der Waals surface area contributed by atoms with Gasteiger partial charge in [0.2, 0.25) is 0 Å². The Hall–Kier alpha value is -1.51. The van der Waals surface area contributed by atoms with Gasteiger partial charge in [-0.15, -0.1) is 0 Å². The molecule has 0 amide bonds. The lowest BCUT2D eigenvalue weighted by molar-refractivity contribution is -0.136. The molecule has 0 aromatic heterocycles. The number of benzene rings is 1. The molecule has 1 aliphatic heterocycles. The van der Waals surface area contributed by atoms with E-state index in [0.29, 0.717) is 6.61 Å². The standard InChI is InChI=1S/C11H12O3/c1-7-4-10-8(2-3-14-10)5-9(7)6-11(12)13/h4-5H,2-3,6H2,1H3,(H,12,13). The van der Waals surface area contributed by atoms with Crippen LogP contribution in [0, 0.1) is 6.92 Å². The van der Waals surface area contributed by atoms with Crippen LogP contribution in [-0.4, -0.2) is 17.7 Å². The summed E-state index contributed by atoms with van der Waals surface area (Å²) in [5.41, 5.74) is 3.02. The third-order valence-corrected chi connectivity index (χ3v) is 2.49. The molecule has 0 aliphatic carbocycles. The molecule has 1 heterocycles. The lowest BCUT2D eigenvalue weighted by Crippen LogP contribution is -2.02. The predicted octanol–water partition coefficient (Wildman–Crippen LogP) is 1.56. The number of carbonyl (C=O) groups is 1. The second-order valence-electron chi connectivity index (χ2n) is 3.56. The Bertz CT molecular complexity index is 382. The summed E-state index contributed by atoms with van der Waals surface area (Å²) in [5, 5.41) is 8.71. The maximum atomic E-state index is 10.6. The van der Waals surface area contributed by atoms with Crippen molar-refractivity contribution in [2.75, 3.05) is 6.61 Å². The van der Waals surface area contributed by atoms with Crippen LogP contribution in [0.2, 0.25) is 0 Å². The summed E-state index contributed by atoms with van der Waals surface area (Å²) < 4.78 is 5.39. The molecule has 3 heteroatoms. The van der Waals surface area contributed by atoms with Gasteiger partial charge in [-0.1, -0.05) is 6.07 Å². The van der Waals surface area contributed by atoms with E-state index in [0.717, 1.165) is 28.9 Å². The fraction of sp³-hybridized carbons (Fsp3) is 0.364. The van der Waals surface area contributed by atoms with Crippen LogP contribution in [0.15, 0.2) is 12.1 Å². The first kappa shape index (κ1) is 9.06. The molecule has 1 N–H and O–H groups in total. The summed E-state index contributed by atoms with van der Waals surface area (Å²) in [7, 11) is 0. The second kappa shape index (κ2) is 3.33. The van der Waals surface area contributed by atoms with Gasteiger partial charge in [0.25, 0.3) is 0 Å². The van der Waals surface area contributed by atoms with Crippen LogP contribution in [0.5, 0.6) is 5.75 Å². The smallest absolute Gasteiger partial charge is 0.307 e. The fourth-order valence-corrected chi connectivity index (χ4v) is 1.73. The summed E-state index contributed by atoms with van der Waals surface area (Å²) in [6.45, 7) is 2.63. The number of aliphatic carboxylic acids is 1. The van der Waals surface area contributed by atoms with Crippen molar-refractivity contribution in [3.63, 3.8) is 0 Å². The molecule has 3 nitrogen and oxygen atoms in total. The molecule has 0 atom stereocenters. The molecule has 0 fully saturated rings. The van der Waals surface area contributed by atoms with Crippen LogP contribution in [-0.2, 0) is 17.6 Å². The summed E-state index contributed by atoms with van der Waals surface area (Å²) in [6.07, 6.45) is 0.987. The lowest BCUT2D eigenvalue weighted by atomic mass is 10.0. The van der Waals surface area contributed by atoms with Crippen molar-refractivity contribution in [2.45, 2.75) is 19.8 Å². The summed E-state index contributed by atoms with van der Waals surface area (Å²) in [5.74, 6) is 0.128. The number of fused-ring (bicyclic) bond motifs is 1. The zero-order valence-electron chi connectivity index (χ0n) is 8.04. The van der Waals surface area contributed by atoms with Crippen LogP contribution in [0.1, 0.15) is 16.7 Å². The van der Waals surface area contributed by atoms with Gasteiger partial charge in [0.15, 0.2) is 0 Å². The third kappa shape index (κ3) is 1.58. The van der Waals surface area contributed by atoms with Crippen LogP contribution in [0.4, 0.5) is 0 Å². The molecule has 0 saturated heterocycles. The molecule has 0 bridgehead atoms. The highest BCUT2D eigenvalue weighted by molar-refractivity contribution is 5.71. The van der Waals surface area contributed by atoms with E-state index >= 15 is 0 Å². The first-order valence-corrected chi connectivity index (χ1v) is 4.64. The fourth-order valence-electron chi connectivity index (χ4n) is 1.73. The van der Waals surface area contributed by atoms with Gasteiger partial charge in [0.1, 0.15) is 5.75 Å². The van der Waals surface area contributed by atoms with Crippen molar-refractivity contribution >= 4 is 5.97 Å². The first-order valence-electron chi connectivity index (χ1n) is 4.64. The molecule has 0 spiro atoms. The Balaban J connectivity index is 2.37. The van der Waals surface area contributed by atoms with Crippen molar-refractivity contribution in [1.82, 2.24) is 0 Å². The van der Waals surface area contributed by atoms with Gasteiger partial charge in [-0.3, -0.25) is 4.79 Å². The van der Waals surface area contributed by atoms with Crippen molar-refractivity contribution in [3.05, 3.63) is 28.8 Å². The molecule has 2 rings (SSSR count). The molecule has 0 unspecified atom stereocenters. The van der Waals surface area contributed by atoms with Gasteiger partial charge in [-0.25, -0.2) is 0 Å². The number of hydrogen-bond acceptors (Lipinski definition) is 2. The van der Waals surface area contributed by atoms with Gasteiger partial charge >= 0.3 is 5.97 Å². The Kier molecular flexibility index (Phi) is 2.15. The van der Waals surface area contributed by atoms with E-state index in [1.54, 1.807) is 0 Å². The Morgan fingerprint density at radius 3 is 3.07 bits per heavy atom. The van der Waals surface area contributed by atoms with Gasteiger partial charge in [0.05, 0.1) is 13.0 Å². The van der Waals surface area contributed by atoms with E-state index in [4.69, 9.17) is 9.84 Å². The third-order valence-electron chi connectivity index (χ3n) is 2.49. The van der Waals surface area contributed by atoms with Crippen LogP contribution < -0.4 is 4.74 Å². The average molecular weight is 192 g/mol. The highest BCUT2D eigenvalue weighted by atomic mass is 16.5. The van der Waals surface area contributed by atoms with Crippen LogP contribution in [0.25, 0.3) is 0 Å². The largest absolute Gasteiger partial charge is 0.493 e. The van der Waals surface area contributed by atoms with Gasteiger partial charge in [-0.05, 0) is 29.7 Å². The van der Waals surface area contributed by atoms with E-state index < -0.39 is 5.97 Å². The molecule has 1 aromatic rings. The highest BCUT2D eigenvalue weighted by Gasteiger charge is 2.15. The molecule has 14 heavy (non-hydrogen) atoms. The first-order chi connectivity index (χ1) is 6.66. The number of ether oxygens (including phenoxy) is 1. The molecule has 74 valence electrons. The topological polar surface area (TPSA) is 46.5 Å². The average Bonchev–Trinajstić information content (AvgIpc) is 2.51. The number of hydrogen-bond donors (Lipinski definition) is 1. The monoisotopic (exact) mass is 192 g/mol. The van der Waals surface area contributed by atoms with Crippen molar-refractivity contribution in [2.24, 2.45) is 0 Å². The zero-order chi connectivity index (χ0) is 10.1. The normalized spacial score (nSPS) is 13.5. The van der Waals surface area contributed by atoms with Crippen molar-refractivity contribution < 1.29 is 14.6 Å². The maximum absolute atomic E-state index is 10.6. The maximum Gasteiger partial charge on any atom is 0.307 e. The van der Waals surface area contributed by atoms with Crippen LogP contribution in [0.3, 0.4) is 0 Å². The molecule has 0 saturated carbocycles. The molecule has 1 aliphatic rings. The second-order valence-corrected chi connectivity index (χ2v) is 3.56. The van der Waals surface area contributed by atoms with E-state index in [1.165, 1.54) is 0 Å². The molecular weight excluding hydrogens is 180 g/mol. The summed E-state index contributed by atoms with van der Waals surface area (Å²) in [4.78, 5) is 10.6. The summed E-state index contributed by atoms with van der Waals surface area (Å²) in [6, 6.07) is 3.88. The van der Waals surface area contributed by atoms with E-state index in [1.807, 2.05) is 19.1 Å². The number of rotatable bonds is 2. The van der Waals surface area contributed by atoms with E-state index in [-0.39, 0.29) is 6.42 Å². The molecule has 0 radical (unpaired) electrons. The predicted molar refractivity (Wildman–Crippen MR) is 51.7 cm³/mol. The quantitative estimate of drug-likeness (QED) is 0.773. The van der Waals surface area contributed by atoms with Crippen molar-refractivity contribution in [1.29, 1.82) is 0 Å². The molecular formula is C11H12O3. The number of carboxylic acids is 1. The van der Waals surface area contributed by atoms with E-state index in [2.05, 4.69) is 0 Å². The van der Waals surface area contributed by atoms with Gasteiger partial charge in [0, 0.05) is 6.42 Å². The minimum absolute atomic E-state index is 0.0963. The van der Waals surface area contributed by atoms with E-state index in [9.17, 15) is 4.79 Å². The Labute approximate surface area is 82.3 Å². The minimum atomic E-state index is -0.785. The van der Waals surface area contributed by atoms with Gasteiger partial charge < -0.3 is 9.84 Å². The molecule has 1 aromatic carbocycles. The van der Waals surface area contributed by atoms with Crippen molar-refractivity contribution in [3.8, 4) is 5.75 Å². The zero-order valence-corrected chi connectivity index (χ0v) is 8.04. The summed E-state index contributed by atoms with van der Waals surface area (Å²) >= 11 is 0. The minimum Gasteiger partial charge on any atom is -0.493 e. The number of aryl methyl sites for hydroxylation is 1. The Morgan fingerprint density at radius 2 is 2.36 bits per heavy atom.